The monoisotopic (exact) mass is 299 g/mol. The van der Waals surface area contributed by atoms with Crippen LogP contribution in [0.25, 0.3) is 0 Å². The minimum Gasteiger partial charge on any atom is -0.392 e. The molecule has 2 aliphatic rings. The Morgan fingerprint density at radius 1 is 1.24 bits per heavy atom. The summed E-state index contributed by atoms with van der Waals surface area (Å²) in [7, 11) is 0. The predicted octanol–water partition coefficient (Wildman–Crippen LogP) is 3.23. The Labute approximate surface area is 122 Å². The molecule has 0 spiro atoms. The molecule has 3 rings (SSSR count). The zero-order valence-electron chi connectivity index (χ0n) is 11.7. The Balaban J connectivity index is 1.92. The summed E-state index contributed by atoms with van der Waals surface area (Å²) in [6.45, 7) is 0. The largest absolute Gasteiger partial charge is 0.416 e. The van der Waals surface area contributed by atoms with Crippen molar-refractivity contribution in [3.8, 4) is 0 Å². The van der Waals surface area contributed by atoms with Crippen LogP contribution in [0.15, 0.2) is 24.3 Å². The number of hydrogen-bond donors (Lipinski definition) is 2. The van der Waals surface area contributed by atoms with Crippen LogP contribution in [0.2, 0.25) is 0 Å². The van der Waals surface area contributed by atoms with Crippen LogP contribution in [0.4, 0.5) is 13.2 Å². The number of rotatable bonds is 3. The van der Waals surface area contributed by atoms with E-state index in [4.69, 9.17) is 5.73 Å². The van der Waals surface area contributed by atoms with Gasteiger partial charge < -0.3 is 10.8 Å². The van der Waals surface area contributed by atoms with Crippen LogP contribution < -0.4 is 5.73 Å². The van der Waals surface area contributed by atoms with Gasteiger partial charge in [-0.15, -0.1) is 0 Å². The molecule has 0 bridgehead atoms. The fraction of sp³-hybridized carbons (Fsp3) is 0.625. The standard InChI is InChI=1S/C16H20F3NO/c17-16(18,19)11-4-1-3-10(9-11)15(7-2-8-15)14(21)12-5-6-13(12)20/h1,3-4,9,12-14,21H,2,5-8,20H2. The molecule has 0 saturated heterocycles. The summed E-state index contributed by atoms with van der Waals surface area (Å²) < 4.78 is 38.7. The van der Waals surface area contributed by atoms with Gasteiger partial charge >= 0.3 is 6.18 Å². The van der Waals surface area contributed by atoms with Gasteiger partial charge in [0.2, 0.25) is 0 Å². The second-order valence-corrected chi connectivity index (χ2v) is 6.44. The molecule has 3 N–H and O–H groups in total. The molecule has 2 saturated carbocycles. The molecular weight excluding hydrogens is 279 g/mol. The third-order valence-electron chi connectivity index (χ3n) is 5.37. The SMILES string of the molecule is NC1CCC1C(O)C1(c2cccc(C(F)(F)F)c2)CCC1. The van der Waals surface area contributed by atoms with E-state index in [1.54, 1.807) is 6.07 Å². The van der Waals surface area contributed by atoms with Crippen LogP contribution in [0.3, 0.4) is 0 Å². The maximum atomic E-state index is 12.9. The first-order valence-electron chi connectivity index (χ1n) is 7.46. The number of nitrogens with two attached hydrogens (primary N) is 1. The number of hydrogen-bond acceptors (Lipinski definition) is 2. The molecule has 0 amide bonds. The molecule has 3 atom stereocenters. The van der Waals surface area contributed by atoms with E-state index in [2.05, 4.69) is 0 Å². The molecule has 1 aromatic carbocycles. The molecule has 5 heteroatoms. The molecule has 1 aromatic rings. The van der Waals surface area contributed by atoms with Crippen LogP contribution in [-0.2, 0) is 11.6 Å². The Bertz CT molecular complexity index is 524. The van der Waals surface area contributed by atoms with Crippen molar-refractivity contribution in [2.24, 2.45) is 11.7 Å². The normalized spacial score (nSPS) is 29.4. The molecule has 0 radical (unpaired) electrons. The summed E-state index contributed by atoms with van der Waals surface area (Å²) in [5.41, 5.74) is 5.36. The van der Waals surface area contributed by atoms with Crippen molar-refractivity contribution in [3.63, 3.8) is 0 Å². The summed E-state index contributed by atoms with van der Waals surface area (Å²) in [5, 5.41) is 10.7. The zero-order valence-corrected chi connectivity index (χ0v) is 11.7. The lowest BCUT2D eigenvalue weighted by Crippen LogP contribution is -2.56. The number of aliphatic hydroxyl groups is 1. The lowest BCUT2D eigenvalue weighted by Gasteiger charge is -2.52. The summed E-state index contributed by atoms with van der Waals surface area (Å²) in [5.74, 6) is 0.0137. The molecule has 0 aliphatic heterocycles. The van der Waals surface area contributed by atoms with Gasteiger partial charge in [-0.2, -0.15) is 13.2 Å². The Hall–Kier alpha value is -1.07. The third-order valence-corrected chi connectivity index (χ3v) is 5.37. The Morgan fingerprint density at radius 2 is 1.95 bits per heavy atom. The number of halogens is 3. The first-order chi connectivity index (χ1) is 9.84. The topological polar surface area (TPSA) is 46.2 Å². The molecule has 2 fully saturated rings. The smallest absolute Gasteiger partial charge is 0.392 e. The average Bonchev–Trinajstić information content (AvgIpc) is 2.35. The van der Waals surface area contributed by atoms with Crippen LogP contribution in [0, 0.1) is 5.92 Å². The average molecular weight is 299 g/mol. The van der Waals surface area contributed by atoms with E-state index in [1.807, 2.05) is 0 Å². The zero-order chi connectivity index (χ0) is 15.3. The van der Waals surface area contributed by atoms with Gasteiger partial charge in [0, 0.05) is 17.4 Å². The van der Waals surface area contributed by atoms with Gasteiger partial charge in [-0.05, 0) is 37.3 Å². The van der Waals surface area contributed by atoms with Gasteiger partial charge in [-0.25, -0.2) is 0 Å². The fourth-order valence-electron chi connectivity index (χ4n) is 3.67. The summed E-state index contributed by atoms with van der Waals surface area (Å²) in [4.78, 5) is 0. The summed E-state index contributed by atoms with van der Waals surface area (Å²) in [6, 6.07) is 5.40. The first kappa shape index (κ1) is 14.9. The van der Waals surface area contributed by atoms with Gasteiger partial charge in [0.1, 0.15) is 0 Å². The van der Waals surface area contributed by atoms with E-state index in [-0.39, 0.29) is 12.0 Å². The van der Waals surface area contributed by atoms with E-state index >= 15 is 0 Å². The van der Waals surface area contributed by atoms with Crippen LogP contribution in [0.5, 0.6) is 0 Å². The second-order valence-electron chi connectivity index (χ2n) is 6.44. The van der Waals surface area contributed by atoms with Crippen LogP contribution in [0.1, 0.15) is 43.2 Å². The van der Waals surface area contributed by atoms with Crippen molar-refractivity contribution in [2.45, 2.75) is 55.8 Å². The predicted molar refractivity (Wildman–Crippen MR) is 73.7 cm³/mol. The number of benzene rings is 1. The Morgan fingerprint density at radius 3 is 2.38 bits per heavy atom. The van der Waals surface area contributed by atoms with Gasteiger partial charge in [0.05, 0.1) is 11.7 Å². The molecule has 0 heterocycles. The molecular formula is C16H20F3NO. The molecule has 21 heavy (non-hydrogen) atoms. The second kappa shape index (κ2) is 4.99. The number of aliphatic hydroxyl groups excluding tert-OH is 1. The minimum atomic E-state index is -4.35. The highest BCUT2D eigenvalue weighted by molar-refractivity contribution is 5.35. The van der Waals surface area contributed by atoms with Crippen molar-refractivity contribution >= 4 is 0 Å². The van der Waals surface area contributed by atoms with Crippen LogP contribution in [-0.4, -0.2) is 17.3 Å². The fourth-order valence-corrected chi connectivity index (χ4v) is 3.67. The van der Waals surface area contributed by atoms with Gasteiger partial charge in [-0.1, -0.05) is 24.6 Å². The van der Waals surface area contributed by atoms with Crippen molar-refractivity contribution in [1.29, 1.82) is 0 Å². The molecule has 2 aliphatic carbocycles. The third kappa shape index (κ3) is 2.36. The maximum Gasteiger partial charge on any atom is 0.416 e. The van der Waals surface area contributed by atoms with E-state index in [0.717, 1.165) is 38.2 Å². The van der Waals surface area contributed by atoms with Crippen LogP contribution >= 0.6 is 0 Å². The molecule has 2 nitrogen and oxygen atoms in total. The summed E-state index contributed by atoms with van der Waals surface area (Å²) >= 11 is 0. The minimum absolute atomic E-state index is 0.0137. The maximum absolute atomic E-state index is 12.9. The van der Waals surface area contributed by atoms with Crippen molar-refractivity contribution < 1.29 is 18.3 Å². The summed E-state index contributed by atoms with van der Waals surface area (Å²) in [6.07, 6.45) is -0.826. The molecule has 3 unspecified atom stereocenters. The quantitative estimate of drug-likeness (QED) is 0.900. The Kier molecular flexibility index (Phi) is 3.53. The highest BCUT2D eigenvalue weighted by atomic mass is 19.4. The molecule has 116 valence electrons. The number of alkyl halides is 3. The molecule has 0 aromatic heterocycles. The van der Waals surface area contributed by atoms with Gasteiger partial charge in [-0.3, -0.25) is 0 Å². The van der Waals surface area contributed by atoms with E-state index in [1.165, 1.54) is 12.1 Å². The highest BCUT2D eigenvalue weighted by Gasteiger charge is 2.51. The van der Waals surface area contributed by atoms with Crippen molar-refractivity contribution in [1.82, 2.24) is 0 Å². The van der Waals surface area contributed by atoms with Gasteiger partial charge in [0.25, 0.3) is 0 Å². The lowest BCUT2D eigenvalue weighted by atomic mass is 9.55. The van der Waals surface area contributed by atoms with E-state index in [0.29, 0.717) is 5.56 Å². The lowest BCUT2D eigenvalue weighted by molar-refractivity contribution is -0.137. The first-order valence-corrected chi connectivity index (χ1v) is 7.46. The van der Waals surface area contributed by atoms with E-state index < -0.39 is 23.3 Å². The van der Waals surface area contributed by atoms with E-state index in [9.17, 15) is 18.3 Å². The van der Waals surface area contributed by atoms with Gasteiger partial charge in [0.15, 0.2) is 0 Å². The van der Waals surface area contributed by atoms with Crippen molar-refractivity contribution in [2.75, 3.05) is 0 Å². The highest BCUT2D eigenvalue weighted by Crippen LogP contribution is 2.51. The van der Waals surface area contributed by atoms with Crippen molar-refractivity contribution in [3.05, 3.63) is 35.4 Å².